The second-order valence-electron chi connectivity index (χ2n) is 18.8. The van der Waals surface area contributed by atoms with Crippen LogP contribution in [0.25, 0.3) is 0 Å². The van der Waals surface area contributed by atoms with Gasteiger partial charge in [-0.2, -0.15) is 0 Å². The lowest BCUT2D eigenvalue weighted by atomic mass is 10.1. The van der Waals surface area contributed by atoms with Crippen molar-refractivity contribution in [3.05, 3.63) is 109 Å². The fourth-order valence-corrected chi connectivity index (χ4v) is 6.84. The lowest BCUT2D eigenvalue weighted by molar-refractivity contribution is -0.870. The van der Waals surface area contributed by atoms with Gasteiger partial charge in [-0.15, -0.1) is 0 Å². The molecule has 392 valence electrons. The van der Waals surface area contributed by atoms with Crippen LogP contribution in [0.1, 0.15) is 194 Å². The predicted octanol–water partition coefficient (Wildman–Crippen LogP) is 15.6. The van der Waals surface area contributed by atoms with E-state index in [9.17, 15) is 19.5 Å². The molecule has 0 aliphatic heterocycles. The van der Waals surface area contributed by atoms with E-state index >= 15 is 0 Å². The second kappa shape index (κ2) is 50.3. The van der Waals surface area contributed by atoms with E-state index in [1.54, 1.807) is 0 Å². The van der Waals surface area contributed by atoms with E-state index in [-0.39, 0.29) is 38.6 Å². The van der Waals surface area contributed by atoms with Gasteiger partial charge in [0.05, 0.1) is 34.4 Å². The number of rotatable bonds is 48. The quantitative estimate of drug-likeness (QED) is 0.0211. The molecule has 2 atom stereocenters. The standard InChI is InChI=1S/C60H99NO8/c1-6-8-10-12-14-16-18-20-22-24-25-26-27-28-29-30-31-32-33-35-37-39-41-43-45-47-49-51-58(63)69-56(55-68-60(59(64)65)66-53-52-61(3,4)5)54-67-57(62)50-48-46-44-42-40-38-36-34-23-21-19-17-15-13-11-9-7-2/h8,10,14,16,20-23,25-26,28-29,31-32,35,37,41,43,56,60H,6-7,9,11-13,15,17-19,24,27,30,33-34,36,38-40,42,44-55H2,1-5H3/p+1/b10-8-,16-14-,22-20-,23-21-,26-25-,29-28-,32-31-,37-35-,43-41-. The normalized spacial score (nSPS) is 13.7. The number of aliphatic carboxylic acids is 1. The summed E-state index contributed by atoms with van der Waals surface area (Å²) >= 11 is 0. The molecule has 0 aromatic rings. The molecule has 0 saturated heterocycles. The minimum absolute atomic E-state index is 0.172. The molecule has 69 heavy (non-hydrogen) atoms. The predicted molar refractivity (Wildman–Crippen MR) is 290 cm³/mol. The van der Waals surface area contributed by atoms with E-state index in [0.29, 0.717) is 17.4 Å². The minimum atomic E-state index is -1.53. The van der Waals surface area contributed by atoms with Gasteiger partial charge in [0.15, 0.2) is 6.10 Å². The van der Waals surface area contributed by atoms with Gasteiger partial charge in [-0.3, -0.25) is 9.59 Å². The largest absolute Gasteiger partial charge is 0.477 e. The van der Waals surface area contributed by atoms with E-state index < -0.39 is 24.3 Å². The highest BCUT2D eigenvalue weighted by atomic mass is 16.7. The third-order valence-electron chi connectivity index (χ3n) is 11.0. The molecule has 0 radical (unpaired) electrons. The Hall–Kier alpha value is -4.05. The molecule has 0 fully saturated rings. The van der Waals surface area contributed by atoms with Crippen LogP contribution in [-0.2, 0) is 33.3 Å². The lowest BCUT2D eigenvalue weighted by Crippen LogP contribution is -2.40. The van der Waals surface area contributed by atoms with Crippen LogP contribution in [0.3, 0.4) is 0 Å². The summed E-state index contributed by atoms with van der Waals surface area (Å²) in [6, 6.07) is 0. The third-order valence-corrected chi connectivity index (χ3v) is 11.0. The summed E-state index contributed by atoms with van der Waals surface area (Å²) in [5.41, 5.74) is 0. The average molecular weight is 963 g/mol. The zero-order valence-corrected chi connectivity index (χ0v) is 44.4. The zero-order chi connectivity index (χ0) is 50.6. The Bertz CT molecular complexity index is 1490. The van der Waals surface area contributed by atoms with Crippen LogP contribution < -0.4 is 0 Å². The van der Waals surface area contributed by atoms with Crippen LogP contribution in [0.5, 0.6) is 0 Å². The lowest BCUT2D eigenvalue weighted by Gasteiger charge is -2.25. The van der Waals surface area contributed by atoms with Gasteiger partial charge in [0, 0.05) is 12.8 Å². The molecule has 0 aromatic carbocycles. The van der Waals surface area contributed by atoms with Gasteiger partial charge >= 0.3 is 17.9 Å². The number of quaternary nitrogens is 1. The number of nitrogens with zero attached hydrogens (tertiary/aromatic N) is 1. The number of esters is 2. The number of allylic oxidation sites excluding steroid dienone is 18. The fraction of sp³-hybridized carbons (Fsp3) is 0.650. The van der Waals surface area contributed by atoms with Crippen molar-refractivity contribution < 1.29 is 42.9 Å². The van der Waals surface area contributed by atoms with Crippen LogP contribution in [0.15, 0.2) is 109 Å². The van der Waals surface area contributed by atoms with E-state index in [0.717, 1.165) is 96.3 Å². The number of carbonyl (C=O) groups is 3. The Kier molecular flexibility index (Phi) is 47.4. The summed E-state index contributed by atoms with van der Waals surface area (Å²) in [5.74, 6) is -2.08. The van der Waals surface area contributed by atoms with Gasteiger partial charge in [0.25, 0.3) is 6.29 Å². The highest BCUT2D eigenvalue weighted by Crippen LogP contribution is 2.13. The van der Waals surface area contributed by atoms with Gasteiger partial charge < -0.3 is 28.5 Å². The van der Waals surface area contributed by atoms with Crippen molar-refractivity contribution in [2.24, 2.45) is 0 Å². The number of carboxylic acids is 1. The summed E-state index contributed by atoms with van der Waals surface area (Å²) in [7, 11) is 5.94. The smallest absolute Gasteiger partial charge is 0.361 e. The van der Waals surface area contributed by atoms with Crippen LogP contribution in [0.2, 0.25) is 0 Å². The molecule has 0 aromatic heterocycles. The van der Waals surface area contributed by atoms with Crippen molar-refractivity contribution in [1.82, 2.24) is 0 Å². The SMILES string of the molecule is CC/C=C\C/C=C\C/C=C\C/C=C\C/C=C\C/C=C\C/C=C\C/C=C\CCCCC(=O)OC(COC(=O)CCCCCCCCC/C=C\CCCCCCCC)COC(OCC[N+](C)(C)C)C(=O)O. The van der Waals surface area contributed by atoms with E-state index in [4.69, 9.17) is 18.9 Å². The van der Waals surface area contributed by atoms with Gasteiger partial charge in [0.1, 0.15) is 13.2 Å². The van der Waals surface area contributed by atoms with Crippen molar-refractivity contribution in [3.63, 3.8) is 0 Å². The first-order valence-corrected chi connectivity index (χ1v) is 27.1. The number of carbonyl (C=O) groups excluding carboxylic acids is 2. The number of ether oxygens (including phenoxy) is 4. The van der Waals surface area contributed by atoms with E-state index in [2.05, 4.69) is 123 Å². The van der Waals surface area contributed by atoms with Gasteiger partial charge in [0.2, 0.25) is 0 Å². The van der Waals surface area contributed by atoms with Crippen molar-refractivity contribution in [3.8, 4) is 0 Å². The van der Waals surface area contributed by atoms with Crippen molar-refractivity contribution in [2.75, 3.05) is 47.5 Å². The molecule has 0 bridgehead atoms. The Balaban J connectivity index is 4.44. The summed E-state index contributed by atoms with van der Waals surface area (Å²) in [6.07, 6.45) is 65.9. The monoisotopic (exact) mass is 963 g/mol. The first-order valence-electron chi connectivity index (χ1n) is 27.1. The Labute approximate surface area is 422 Å². The Morgan fingerprint density at radius 2 is 0.826 bits per heavy atom. The number of carboxylic acid groups (broad SMARTS) is 1. The average Bonchev–Trinajstić information content (AvgIpc) is 3.31. The van der Waals surface area contributed by atoms with Crippen LogP contribution in [-0.4, -0.2) is 87.4 Å². The Morgan fingerprint density at radius 3 is 1.28 bits per heavy atom. The van der Waals surface area contributed by atoms with Gasteiger partial charge in [-0.1, -0.05) is 187 Å². The fourth-order valence-electron chi connectivity index (χ4n) is 6.84. The number of hydrogen-bond acceptors (Lipinski definition) is 7. The maximum absolute atomic E-state index is 12.8. The molecule has 1 N–H and O–H groups in total. The first-order chi connectivity index (χ1) is 33.6. The molecule has 0 spiro atoms. The summed E-state index contributed by atoms with van der Waals surface area (Å²) in [6.45, 7) is 4.68. The van der Waals surface area contributed by atoms with E-state index in [1.807, 2.05) is 21.1 Å². The number of unbranched alkanes of at least 4 members (excludes halogenated alkanes) is 15. The molecule has 2 unspecified atom stereocenters. The minimum Gasteiger partial charge on any atom is -0.477 e. The summed E-state index contributed by atoms with van der Waals surface area (Å²) in [4.78, 5) is 37.3. The number of likely N-dealkylation sites (N-methyl/N-ethyl adjacent to an activating group) is 1. The molecule has 0 saturated carbocycles. The van der Waals surface area contributed by atoms with Gasteiger partial charge in [-0.25, -0.2) is 4.79 Å². The molecule has 9 nitrogen and oxygen atoms in total. The topological polar surface area (TPSA) is 108 Å². The van der Waals surface area contributed by atoms with Crippen molar-refractivity contribution in [2.45, 2.75) is 206 Å². The molecular weight excluding hydrogens is 863 g/mol. The van der Waals surface area contributed by atoms with Crippen molar-refractivity contribution in [1.29, 1.82) is 0 Å². The third kappa shape index (κ3) is 51.6. The molecule has 0 rings (SSSR count). The Morgan fingerprint density at radius 1 is 0.449 bits per heavy atom. The summed E-state index contributed by atoms with van der Waals surface area (Å²) in [5, 5.41) is 9.68. The summed E-state index contributed by atoms with van der Waals surface area (Å²) < 4.78 is 22.8. The van der Waals surface area contributed by atoms with Crippen molar-refractivity contribution >= 4 is 17.9 Å². The molecule has 0 aliphatic rings. The highest BCUT2D eigenvalue weighted by molar-refractivity contribution is 5.71. The highest BCUT2D eigenvalue weighted by Gasteiger charge is 2.25. The molecule has 9 heteroatoms. The van der Waals surface area contributed by atoms with Crippen LogP contribution >= 0.6 is 0 Å². The zero-order valence-electron chi connectivity index (χ0n) is 44.4. The maximum Gasteiger partial charge on any atom is 0.361 e. The molecule has 0 aliphatic carbocycles. The molecular formula is C60H100NO8+. The van der Waals surface area contributed by atoms with E-state index in [1.165, 1.54) is 64.2 Å². The second-order valence-corrected chi connectivity index (χ2v) is 18.8. The number of hydrogen-bond donors (Lipinski definition) is 1. The maximum atomic E-state index is 12.8. The molecule has 0 amide bonds. The molecule has 0 heterocycles. The van der Waals surface area contributed by atoms with Crippen LogP contribution in [0.4, 0.5) is 0 Å². The first kappa shape index (κ1) is 65.0. The van der Waals surface area contributed by atoms with Crippen LogP contribution in [0, 0.1) is 0 Å². The van der Waals surface area contributed by atoms with Gasteiger partial charge in [-0.05, 0) is 103 Å².